The molecule has 2 nitrogen and oxygen atoms in total. The number of nitrogens with one attached hydrogen (secondary N) is 1. The van der Waals surface area contributed by atoms with Crippen molar-refractivity contribution in [3.8, 4) is 0 Å². The summed E-state index contributed by atoms with van der Waals surface area (Å²) in [7, 11) is 0. The quantitative estimate of drug-likeness (QED) is 0.766. The van der Waals surface area contributed by atoms with Crippen LogP contribution in [0.1, 0.15) is 18.1 Å². The molecular formula is C13H18ClFN2. The van der Waals surface area contributed by atoms with Crippen molar-refractivity contribution in [1.29, 1.82) is 0 Å². The van der Waals surface area contributed by atoms with Crippen LogP contribution in [-0.2, 0) is 6.42 Å². The Morgan fingerprint density at radius 2 is 2.12 bits per heavy atom. The number of halogens is 2. The van der Waals surface area contributed by atoms with E-state index < -0.39 is 0 Å². The second-order valence-corrected chi connectivity index (χ2v) is 5.00. The Bertz CT molecular complexity index is 436. The summed E-state index contributed by atoms with van der Waals surface area (Å²) in [6.07, 6.45) is 0.976. The lowest BCUT2D eigenvalue weighted by Crippen LogP contribution is -2.54. The molecule has 2 atom stereocenters. The molecule has 1 unspecified atom stereocenters. The monoisotopic (exact) mass is 256 g/mol. The lowest BCUT2D eigenvalue weighted by molar-refractivity contribution is 0.430. The Labute approximate surface area is 108 Å². The van der Waals surface area contributed by atoms with Crippen molar-refractivity contribution in [3.05, 3.63) is 29.1 Å². The molecule has 1 aromatic carbocycles. The molecule has 17 heavy (non-hydrogen) atoms. The van der Waals surface area contributed by atoms with E-state index in [4.69, 9.17) is 0 Å². The highest BCUT2D eigenvalue weighted by molar-refractivity contribution is 5.85. The van der Waals surface area contributed by atoms with Crippen molar-refractivity contribution in [3.63, 3.8) is 0 Å². The Morgan fingerprint density at radius 1 is 1.35 bits per heavy atom. The van der Waals surface area contributed by atoms with Gasteiger partial charge < -0.3 is 10.2 Å². The van der Waals surface area contributed by atoms with Crippen molar-refractivity contribution < 1.29 is 4.39 Å². The van der Waals surface area contributed by atoms with E-state index in [2.05, 4.69) is 17.1 Å². The van der Waals surface area contributed by atoms with Crippen molar-refractivity contribution in [2.45, 2.75) is 32.4 Å². The number of anilines is 1. The Kier molecular flexibility index (Phi) is 3.32. The number of rotatable bonds is 0. The SMILES string of the molecule is Cc1cc2c(cc1F)C[C@@H]1CNCC(C)N21.Cl. The highest BCUT2D eigenvalue weighted by Crippen LogP contribution is 2.36. The maximum absolute atomic E-state index is 13.5. The molecule has 0 amide bonds. The molecule has 0 bridgehead atoms. The topological polar surface area (TPSA) is 15.3 Å². The van der Waals surface area contributed by atoms with Gasteiger partial charge in [0.1, 0.15) is 5.82 Å². The van der Waals surface area contributed by atoms with Crippen molar-refractivity contribution in [2.75, 3.05) is 18.0 Å². The van der Waals surface area contributed by atoms with Gasteiger partial charge in [-0.05, 0) is 43.5 Å². The summed E-state index contributed by atoms with van der Waals surface area (Å²) >= 11 is 0. The molecule has 1 aromatic rings. The van der Waals surface area contributed by atoms with Gasteiger partial charge in [-0.1, -0.05) is 0 Å². The summed E-state index contributed by atoms with van der Waals surface area (Å²) in [5.41, 5.74) is 3.17. The fraction of sp³-hybridized carbons (Fsp3) is 0.538. The summed E-state index contributed by atoms with van der Waals surface area (Å²) in [6, 6.07) is 4.74. The van der Waals surface area contributed by atoms with Crippen LogP contribution >= 0.6 is 12.4 Å². The van der Waals surface area contributed by atoms with E-state index in [0.29, 0.717) is 12.1 Å². The summed E-state index contributed by atoms with van der Waals surface area (Å²) in [4.78, 5) is 2.46. The highest BCUT2D eigenvalue weighted by Gasteiger charge is 2.35. The first kappa shape index (κ1) is 12.7. The van der Waals surface area contributed by atoms with E-state index in [1.165, 1.54) is 11.3 Å². The molecule has 0 saturated carbocycles. The second-order valence-electron chi connectivity index (χ2n) is 5.00. The third-order valence-electron chi connectivity index (χ3n) is 3.78. The van der Waals surface area contributed by atoms with Crippen LogP contribution in [-0.4, -0.2) is 25.2 Å². The molecule has 0 radical (unpaired) electrons. The average molecular weight is 257 g/mol. The van der Waals surface area contributed by atoms with Crippen LogP contribution < -0.4 is 10.2 Å². The molecule has 94 valence electrons. The van der Waals surface area contributed by atoms with E-state index in [9.17, 15) is 4.39 Å². The third kappa shape index (κ3) is 1.91. The van der Waals surface area contributed by atoms with Crippen LogP contribution in [0.3, 0.4) is 0 Å². The maximum atomic E-state index is 13.5. The number of aryl methyl sites for hydroxylation is 1. The first-order chi connectivity index (χ1) is 7.66. The molecular weight excluding hydrogens is 239 g/mol. The number of piperazine rings is 1. The Morgan fingerprint density at radius 3 is 2.88 bits per heavy atom. The minimum atomic E-state index is -0.0702. The van der Waals surface area contributed by atoms with E-state index in [0.717, 1.165) is 25.1 Å². The number of nitrogens with zero attached hydrogens (tertiary/aromatic N) is 1. The molecule has 0 spiro atoms. The van der Waals surface area contributed by atoms with E-state index in [1.54, 1.807) is 6.07 Å². The number of benzene rings is 1. The Hall–Kier alpha value is -0.800. The van der Waals surface area contributed by atoms with Crippen LogP contribution in [0.5, 0.6) is 0 Å². The lowest BCUT2D eigenvalue weighted by Gasteiger charge is -2.38. The lowest BCUT2D eigenvalue weighted by atomic mass is 10.1. The van der Waals surface area contributed by atoms with Gasteiger partial charge in [0.2, 0.25) is 0 Å². The molecule has 3 rings (SSSR count). The van der Waals surface area contributed by atoms with Gasteiger partial charge in [-0.2, -0.15) is 0 Å². The van der Waals surface area contributed by atoms with E-state index in [-0.39, 0.29) is 18.2 Å². The minimum absolute atomic E-state index is 0. The molecule has 2 aliphatic heterocycles. The van der Waals surface area contributed by atoms with Gasteiger partial charge in [-0.3, -0.25) is 0 Å². The van der Waals surface area contributed by atoms with Gasteiger partial charge in [0.05, 0.1) is 0 Å². The zero-order valence-corrected chi connectivity index (χ0v) is 11.0. The first-order valence-corrected chi connectivity index (χ1v) is 5.95. The van der Waals surface area contributed by atoms with Crippen LogP contribution in [0.2, 0.25) is 0 Å². The first-order valence-electron chi connectivity index (χ1n) is 5.95. The van der Waals surface area contributed by atoms with Crippen LogP contribution in [0.25, 0.3) is 0 Å². The molecule has 1 N–H and O–H groups in total. The van der Waals surface area contributed by atoms with Crippen molar-refractivity contribution in [2.24, 2.45) is 0 Å². The van der Waals surface area contributed by atoms with E-state index in [1.807, 2.05) is 13.0 Å². The van der Waals surface area contributed by atoms with Gasteiger partial charge in [0, 0.05) is 30.9 Å². The summed E-state index contributed by atoms with van der Waals surface area (Å²) in [5.74, 6) is -0.0702. The summed E-state index contributed by atoms with van der Waals surface area (Å²) in [5, 5.41) is 3.43. The normalized spacial score (nSPS) is 26.2. The van der Waals surface area contributed by atoms with E-state index >= 15 is 0 Å². The number of fused-ring (bicyclic) bond motifs is 3. The molecule has 2 aliphatic rings. The standard InChI is InChI=1S/C13H17FN2.ClH/c1-8-3-13-10(5-12(8)14)4-11-7-15-6-9(2)16(11)13;/h3,5,9,11,15H,4,6-7H2,1-2H3;1H/t9?,11-;/m1./s1. The van der Waals surface area contributed by atoms with Gasteiger partial charge in [0.15, 0.2) is 0 Å². The molecule has 1 fully saturated rings. The number of hydrogen-bond acceptors (Lipinski definition) is 2. The summed E-state index contributed by atoms with van der Waals surface area (Å²) in [6.45, 7) is 6.11. The molecule has 0 aromatic heterocycles. The molecule has 4 heteroatoms. The van der Waals surface area contributed by atoms with Crippen molar-refractivity contribution >= 4 is 18.1 Å². The van der Waals surface area contributed by atoms with Crippen molar-refractivity contribution in [1.82, 2.24) is 5.32 Å². The molecule has 0 aliphatic carbocycles. The highest BCUT2D eigenvalue weighted by atomic mass is 35.5. The largest absolute Gasteiger partial charge is 0.363 e. The third-order valence-corrected chi connectivity index (χ3v) is 3.78. The van der Waals surface area contributed by atoms with Gasteiger partial charge in [-0.15, -0.1) is 12.4 Å². The summed E-state index contributed by atoms with van der Waals surface area (Å²) < 4.78 is 13.5. The average Bonchev–Trinajstić information content (AvgIpc) is 2.58. The fourth-order valence-electron chi connectivity index (χ4n) is 2.99. The maximum Gasteiger partial charge on any atom is 0.126 e. The van der Waals surface area contributed by atoms with Crippen LogP contribution in [0.15, 0.2) is 12.1 Å². The predicted molar refractivity (Wildman–Crippen MR) is 70.7 cm³/mol. The smallest absolute Gasteiger partial charge is 0.126 e. The van der Waals surface area contributed by atoms with Gasteiger partial charge in [0.25, 0.3) is 0 Å². The second kappa shape index (κ2) is 4.46. The molecule has 2 heterocycles. The molecule has 1 saturated heterocycles. The Balaban J connectivity index is 0.00000108. The van der Waals surface area contributed by atoms with Crippen LogP contribution in [0, 0.1) is 12.7 Å². The fourth-order valence-corrected chi connectivity index (χ4v) is 2.99. The van der Waals surface area contributed by atoms with Crippen LogP contribution in [0.4, 0.5) is 10.1 Å². The van der Waals surface area contributed by atoms with Gasteiger partial charge in [-0.25, -0.2) is 4.39 Å². The zero-order valence-electron chi connectivity index (χ0n) is 10.2. The predicted octanol–water partition coefficient (Wildman–Crippen LogP) is 2.28. The van der Waals surface area contributed by atoms with Gasteiger partial charge >= 0.3 is 0 Å². The number of hydrogen-bond donors (Lipinski definition) is 1. The zero-order chi connectivity index (χ0) is 11.3. The minimum Gasteiger partial charge on any atom is -0.363 e.